The number of rotatable bonds is 8. The van der Waals surface area contributed by atoms with Crippen LogP contribution in [-0.2, 0) is 27.9 Å². The van der Waals surface area contributed by atoms with Crippen LogP contribution in [0.25, 0.3) is 0 Å². The number of nitrogens with one attached hydrogen (secondary N) is 3. The highest BCUT2D eigenvalue weighted by Gasteiger charge is 2.42. The van der Waals surface area contributed by atoms with Gasteiger partial charge in [0.2, 0.25) is 15.9 Å². The molecule has 3 rings (SSSR count). The Morgan fingerprint density at radius 3 is 2.19 bits per heavy atom. The molecule has 9 heteroatoms. The standard InChI is InChI=1S/C23H30N4O4S/c1-27(2)32(30,31)20-12-8-11-19(15-20)17-24-21(28)23(13-6-7-14-23)26-22(29)25-16-18-9-4-3-5-10-18/h3-5,8-12,15H,6-7,13-14,16-17H2,1-2H3,(H,24,28)(H2,25,26,29). The van der Waals surface area contributed by atoms with Crippen LogP contribution in [-0.4, -0.2) is 44.3 Å². The quantitative estimate of drug-likeness (QED) is 0.564. The molecule has 0 heterocycles. The first kappa shape index (κ1) is 23.7. The summed E-state index contributed by atoms with van der Waals surface area (Å²) in [6.45, 7) is 0.544. The molecule has 8 nitrogen and oxygen atoms in total. The summed E-state index contributed by atoms with van der Waals surface area (Å²) in [5, 5.41) is 8.58. The lowest BCUT2D eigenvalue weighted by molar-refractivity contribution is -0.127. The molecule has 172 valence electrons. The summed E-state index contributed by atoms with van der Waals surface area (Å²) in [5.41, 5.74) is 0.678. The molecular weight excluding hydrogens is 428 g/mol. The van der Waals surface area contributed by atoms with E-state index in [4.69, 9.17) is 0 Å². The number of amides is 3. The van der Waals surface area contributed by atoms with Gasteiger partial charge in [0.1, 0.15) is 5.54 Å². The van der Waals surface area contributed by atoms with Gasteiger partial charge < -0.3 is 16.0 Å². The molecule has 3 N–H and O–H groups in total. The normalized spacial score (nSPS) is 15.3. The summed E-state index contributed by atoms with van der Waals surface area (Å²) in [4.78, 5) is 25.7. The van der Waals surface area contributed by atoms with Crippen LogP contribution in [0.2, 0.25) is 0 Å². The lowest BCUT2D eigenvalue weighted by Crippen LogP contribution is -2.59. The monoisotopic (exact) mass is 458 g/mol. The second kappa shape index (κ2) is 10.1. The zero-order chi connectivity index (χ0) is 23.2. The molecule has 0 aromatic heterocycles. The van der Waals surface area contributed by atoms with Crippen LogP contribution in [0.5, 0.6) is 0 Å². The van der Waals surface area contributed by atoms with Crippen molar-refractivity contribution in [2.45, 2.75) is 49.2 Å². The molecule has 0 atom stereocenters. The number of nitrogens with zero attached hydrogens (tertiary/aromatic N) is 1. The van der Waals surface area contributed by atoms with Crippen molar-refractivity contribution < 1.29 is 18.0 Å². The average molecular weight is 459 g/mol. The maximum absolute atomic E-state index is 13.1. The van der Waals surface area contributed by atoms with E-state index in [1.807, 2.05) is 30.3 Å². The van der Waals surface area contributed by atoms with E-state index in [1.54, 1.807) is 18.2 Å². The van der Waals surface area contributed by atoms with Crippen LogP contribution in [0.3, 0.4) is 0 Å². The molecule has 0 saturated heterocycles. The van der Waals surface area contributed by atoms with Crippen LogP contribution in [0.4, 0.5) is 4.79 Å². The van der Waals surface area contributed by atoms with E-state index >= 15 is 0 Å². The molecule has 2 aromatic rings. The number of hydrogen-bond acceptors (Lipinski definition) is 4. The minimum Gasteiger partial charge on any atom is -0.350 e. The summed E-state index contributed by atoms with van der Waals surface area (Å²) < 4.78 is 25.9. The molecule has 1 aliphatic rings. The maximum Gasteiger partial charge on any atom is 0.315 e. The van der Waals surface area contributed by atoms with Crippen molar-refractivity contribution in [3.05, 3.63) is 65.7 Å². The number of urea groups is 1. The van der Waals surface area contributed by atoms with Gasteiger partial charge in [-0.05, 0) is 36.1 Å². The fourth-order valence-corrected chi connectivity index (χ4v) is 4.78. The third kappa shape index (κ3) is 5.66. The van der Waals surface area contributed by atoms with Crippen LogP contribution < -0.4 is 16.0 Å². The molecule has 0 radical (unpaired) electrons. The highest BCUT2D eigenvalue weighted by atomic mass is 32.2. The Morgan fingerprint density at radius 1 is 0.906 bits per heavy atom. The van der Waals surface area contributed by atoms with E-state index in [0.29, 0.717) is 24.9 Å². The van der Waals surface area contributed by atoms with E-state index in [-0.39, 0.29) is 23.4 Å². The lowest BCUT2D eigenvalue weighted by Gasteiger charge is -2.29. The van der Waals surface area contributed by atoms with Crippen molar-refractivity contribution >= 4 is 22.0 Å². The molecule has 1 fully saturated rings. The first-order valence-corrected chi connectivity index (χ1v) is 12.1. The lowest BCUT2D eigenvalue weighted by atomic mass is 9.96. The summed E-state index contributed by atoms with van der Waals surface area (Å²) >= 11 is 0. The van der Waals surface area contributed by atoms with Crippen LogP contribution in [0, 0.1) is 0 Å². The summed E-state index contributed by atoms with van der Waals surface area (Å²) in [5.74, 6) is -0.259. The maximum atomic E-state index is 13.1. The number of sulfonamides is 1. The largest absolute Gasteiger partial charge is 0.350 e. The van der Waals surface area contributed by atoms with Crippen molar-refractivity contribution in [1.29, 1.82) is 0 Å². The number of carbonyl (C=O) groups excluding carboxylic acids is 2. The van der Waals surface area contributed by atoms with Crippen molar-refractivity contribution in [2.75, 3.05) is 14.1 Å². The Labute approximate surface area is 189 Å². The van der Waals surface area contributed by atoms with Gasteiger partial charge in [-0.15, -0.1) is 0 Å². The third-order valence-corrected chi connectivity index (χ3v) is 7.48. The van der Waals surface area contributed by atoms with Crippen molar-refractivity contribution in [3.8, 4) is 0 Å². The molecule has 3 amide bonds. The molecule has 32 heavy (non-hydrogen) atoms. The van der Waals surface area contributed by atoms with E-state index in [9.17, 15) is 18.0 Å². The van der Waals surface area contributed by atoms with Crippen molar-refractivity contribution in [2.24, 2.45) is 0 Å². The Kier molecular flexibility index (Phi) is 7.52. The van der Waals surface area contributed by atoms with Crippen molar-refractivity contribution in [3.63, 3.8) is 0 Å². The Hall–Kier alpha value is -2.91. The number of benzene rings is 2. The Balaban J connectivity index is 1.62. The van der Waals surface area contributed by atoms with Gasteiger partial charge in [0.05, 0.1) is 4.90 Å². The SMILES string of the molecule is CN(C)S(=O)(=O)c1cccc(CNC(=O)C2(NC(=O)NCc3ccccc3)CCCC2)c1. The van der Waals surface area contributed by atoms with Gasteiger partial charge in [-0.25, -0.2) is 17.5 Å². The van der Waals surface area contributed by atoms with E-state index in [2.05, 4.69) is 16.0 Å². The van der Waals surface area contributed by atoms with E-state index in [1.165, 1.54) is 20.2 Å². The highest BCUT2D eigenvalue weighted by Crippen LogP contribution is 2.30. The van der Waals surface area contributed by atoms with Gasteiger partial charge in [-0.2, -0.15) is 0 Å². The van der Waals surface area contributed by atoms with Gasteiger partial charge in [0, 0.05) is 27.2 Å². The zero-order valence-corrected chi connectivity index (χ0v) is 19.2. The van der Waals surface area contributed by atoms with Gasteiger partial charge in [0.15, 0.2) is 0 Å². The summed E-state index contributed by atoms with van der Waals surface area (Å²) in [6.07, 6.45) is 2.82. The van der Waals surface area contributed by atoms with Gasteiger partial charge in [-0.1, -0.05) is 55.3 Å². The third-order valence-electron chi connectivity index (χ3n) is 5.67. The molecule has 0 unspecified atom stereocenters. The topological polar surface area (TPSA) is 108 Å². The number of hydrogen-bond donors (Lipinski definition) is 3. The summed E-state index contributed by atoms with van der Waals surface area (Å²) in [6, 6.07) is 15.7. The van der Waals surface area contributed by atoms with E-state index < -0.39 is 15.6 Å². The van der Waals surface area contributed by atoms with Crippen LogP contribution in [0.1, 0.15) is 36.8 Å². The predicted octanol–water partition coefficient (Wildman–Crippen LogP) is 2.37. The fourth-order valence-electron chi connectivity index (χ4n) is 3.81. The predicted molar refractivity (Wildman–Crippen MR) is 122 cm³/mol. The average Bonchev–Trinajstić information content (AvgIpc) is 3.26. The Bertz CT molecular complexity index is 1050. The Morgan fingerprint density at radius 2 is 1.53 bits per heavy atom. The number of carbonyl (C=O) groups is 2. The smallest absolute Gasteiger partial charge is 0.315 e. The first-order valence-electron chi connectivity index (χ1n) is 10.6. The zero-order valence-electron chi connectivity index (χ0n) is 18.4. The first-order chi connectivity index (χ1) is 15.2. The van der Waals surface area contributed by atoms with Gasteiger partial charge in [-0.3, -0.25) is 4.79 Å². The van der Waals surface area contributed by atoms with Gasteiger partial charge >= 0.3 is 6.03 Å². The second-order valence-electron chi connectivity index (χ2n) is 8.20. The molecule has 1 saturated carbocycles. The molecule has 1 aliphatic carbocycles. The van der Waals surface area contributed by atoms with E-state index in [0.717, 1.165) is 22.7 Å². The minimum absolute atomic E-state index is 0.170. The highest BCUT2D eigenvalue weighted by molar-refractivity contribution is 7.89. The summed E-state index contributed by atoms with van der Waals surface area (Å²) in [7, 11) is -0.607. The molecular formula is C23H30N4O4S. The molecule has 0 bridgehead atoms. The second-order valence-corrected chi connectivity index (χ2v) is 10.4. The van der Waals surface area contributed by atoms with Crippen LogP contribution >= 0.6 is 0 Å². The minimum atomic E-state index is -3.56. The molecule has 2 aromatic carbocycles. The van der Waals surface area contributed by atoms with Crippen molar-refractivity contribution in [1.82, 2.24) is 20.3 Å². The van der Waals surface area contributed by atoms with Crippen LogP contribution in [0.15, 0.2) is 59.5 Å². The fraction of sp³-hybridized carbons (Fsp3) is 0.391. The molecule has 0 spiro atoms. The molecule has 0 aliphatic heterocycles. The van der Waals surface area contributed by atoms with Gasteiger partial charge in [0.25, 0.3) is 0 Å².